The van der Waals surface area contributed by atoms with E-state index in [1.807, 2.05) is 32.3 Å². The molecule has 0 aliphatic carbocycles. The van der Waals surface area contributed by atoms with E-state index in [0.717, 1.165) is 23.4 Å². The fraction of sp³-hybridized carbons (Fsp3) is 0.286. The fourth-order valence-corrected chi connectivity index (χ4v) is 1.89. The van der Waals surface area contributed by atoms with Crippen molar-refractivity contribution in [2.75, 3.05) is 5.32 Å². The van der Waals surface area contributed by atoms with Gasteiger partial charge in [-0.1, -0.05) is 19.1 Å². The number of hydrogen-bond donors (Lipinski definition) is 2. The Balaban J connectivity index is 0.00000200. The van der Waals surface area contributed by atoms with Gasteiger partial charge in [-0.25, -0.2) is 0 Å². The molecule has 3 N–H and O–H groups in total. The molecule has 0 aliphatic rings. The number of hydrogen-bond acceptors (Lipinski definition) is 3. The highest BCUT2D eigenvalue weighted by Crippen LogP contribution is 2.15. The number of aromatic nitrogens is 2. The molecule has 1 aromatic carbocycles. The van der Waals surface area contributed by atoms with Gasteiger partial charge in [-0.3, -0.25) is 9.48 Å². The van der Waals surface area contributed by atoms with Crippen LogP contribution in [0.15, 0.2) is 30.5 Å². The highest BCUT2D eigenvalue weighted by atomic mass is 35.5. The Bertz CT molecular complexity index is 577. The molecule has 0 radical (unpaired) electrons. The lowest BCUT2D eigenvalue weighted by Crippen LogP contribution is -2.12. The lowest BCUT2D eigenvalue weighted by Gasteiger charge is -2.05. The molecule has 0 fully saturated rings. The molecule has 1 amide bonds. The summed E-state index contributed by atoms with van der Waals surface area (Å²) in [6.45, 7) is 2.48. The lowest BCUT2D eigenvalue weighted by molar-refractivity contribution is 0.102. The van der Waals surface area contributed by atoms with E-state index in [9.17, 15) is 4.79 Å². The van der Waals surface area contributed by atoms with E-state index in [4.69, 9.17) is 5.73 Å². The van der Waals surface area contributed by atoms with Crippen LogP contribution in [0.1, 0.15) is 28.5 Å². The molecule has 5 nitrogen and oxygen atoms in total. The Kier molecular flexibility index (Phi) is 5.73. The summed E-state index contributed by atoms with van der Waals surface area (Å²) in [5.41, 5.74) is 8.79. The molecular weight excluding hydrogens is 276 g/mol. The van der Waals surface area contributed by atoms with Gasteiger partial charge in [-0.2, -0.15) is 5.10 Å². The zero-order chi connectivity index (χ0) is 13.8. The minimum atomic E-state index is -0.133. The van der Waals surface area contributed by atoms with Crippen molar-refractivity contribution in [2.45, 2.75) is 19.9 Å². The van der Waals surface area contributed by atoms with Crippen molar-refractivity contribution in [3.8, 4) is 0 Å². The fourth-order valence-electron chi connectivity index (χ4n) is 1.89. The molecule has 1 heterocycles. The summed E-state index contributed by atoms with van der Waals surface area (Å²) >= 11 is 0. The maximum Gasteiger partial charge on any atom is 0.255 e. The summed E-state index contributed by atoms with van der Waals surface area (Å²) in [6, 6.07) is 7.27. The van der Waals surface area contributed by atoms with Crippen molar-refractivity contribution in [1.82, 2.24) is 9.78 Å². The van der Waals surface area contributed by atoms with Gasteiger partial charge in [0.1, 0.15) is 0 Å². The van der Waals surface area contributed by atoms with Crippen molar-refractivity contribution < 1.29 is 4.79 Å². The largest absolute Gasteiger partial charge is 0.326 e. The second-order valence-electron chi connectivity index (χ2n) is 4.37. The Morgan fingerprint density at radius 1 is 1.35 bits per heavy atom. The van der Waals surface area contributed by atoms with Gasteiger partial charge in [0.25, 0.3) is 5.91 Å². The first-order chi connectivity index (χ1) is 9.13. The third kappa shape index (κ3) is 3.59. The van der Waals surface area contributed by atoms with Crippen LogP contribution in [-0.2, 0) is 20.0 Å². The number of halogens is 1. The highest BCUT2D eigenvalue weighted by Gasteiger charge is 2.11. The lowest BCUT2D eigenvalue weighted by atomic mass is 10.1. The number of nitrogens with zero attached hydrogens (tertiary/aromatic N) is 2. The average Bonchev–Trinajstić information content (AvgIpc) is 2.78. The van der Waals surface area contributed by atoms with Gasteiger partial charge in [-0.15, -0.1) is 12.4 Å². The first-order valence-corrected chi connectivity index (χ1v) is 6.27. The normalized spacial score (nSPS) is 9.95. The number of benzene rings is 1. The van der Waals surface area contributed by atoms with Crippen LogP contribution in [0, 0.1) is 0 Å². The Hall–Kier alpha value is -1.85. The van der Waals surface area contributed by atoms with Crippen molar-refractivity contribution in [3.05, 3.63) is 47.3 Å². The van der Waals surface area contributed by atoms with Crippen LogP contribution in [0.5, 0.6) is 0 Å². The summed E-state index contributed by atoms with van der Waals surface area (Å²) in [6.07, 6.45) is 2.59. The zero-order valence-corrected chi connectivity index (χ0v) is 12.4. The Morgan fingerprint density at radius 2 is 2.00 bits per heavy atom. The number of aryl methyl sites for hydroxylation is 2. The first kappa shape index (κ1) is 16.2. The van der Waals surface area contributed by atoms with E-state index >= 15 is 0 Å². The summed E-state index contributed by atoms with van der Waals surface area (Å²) in [7, 11) is 1.84. The van der Waals surface area contributed by atoms with Gasteiger partial charge in [0, 0.05) is 25.4 Å². The molecule has 2 rings (SSSR count). The van der Waals surface area contributed by atoms with Crippen molar-refractivity contribution in [3.63, 3.8) is 0 Å². The van der Waals surface area contributed by atoms with Gasteiger partial charge < -0.3 is 11.1 Å². The Labute approximate surface area is 124 Å². The summed E-state index contributed by atoms with van der Waals surface area (Å²) in [5, 5.41) is 7.17. The van der Waals surface area contributed by atoms with E-state index in [1.54, 1.807) is 16.8 Å². The van der Waals surface area contributed by atoms with Gasteiger partial charge in [0.15, 0.2) is 0 Å². The van der Waals surface area contributed by atoms with Gasteiger partial charge in [0.05, 0.1) is 11.4 Å². The molecule has 0 spiro atoms. The summed E-state index contributed by atoms with van der Waals surface area (Å²) in [5.74, 6) is -0.133. The van der Waals surface area contributed by atoms with Crippen LogP contribution in [0.2, 0.25) is 0 Å². The van der Waals surface area contributed by atoms with Gasteiger partial charge in [0.2, 0.25) is 0 Å². The summed E-state index contributed by atoms with van der Waals surface area (Å²) in [4.78, 5) is 12.1. The van der Waals surface area contributed by atoms with Crippen LogP contribution in [0.4, 0.5) is 5.69 Å². The molecule has 0 saturated heterocycles. The number of rotatable bonds is 4. The third-order valence-corrected chi connectivity index (χ3v) is 2.94. The highest BCUT2D eigenvalue weighted by molar-refractivity contribution is 6.04. The summed E-state index contributed by atoms with van der Waals surface area (Å²) < 4.78 is 1.70. The second kappa shape index (κ2) is 7.07. The molecule has 6 heteroatoms. The smallest absolute Gasteiger partial charge is 0.255 e. The number of nitrogens with two attached hydrogens (primary N) is 1. The van der Waals surface area contributed by atoms with E-state index in [1.165, 1.54) is 0 Å². The monoisotopic (exact) mass is 294 g/mol. The first-order valence-electron chi connectivity index (χ1n) is 6.27. The van der Waals surface area contributed by atoms with Crippen LogP contribution >= 0.6 is 12.4 Å². The van der Waals surface area contributed by atoms with Gasteiger partial charge in [-0.05, 0) is 24.1 Å². The second-order valence-corrected chi connectivity index (χ2v) is 4.37. The molecule has 2 aromatic rings. The minimum Gasteiger partial charge on any atom is -0.326 e. The SMILES string of the molecule is CCc1nn(C)cc1NC(=O)c1ccc(CN)cc1.Cl. The maximum atomic E-state index is 12.1. The van der Waals surface area contributed by atoms with E-state index in [2.05, 4.69) is 10.4 Å². The topological polar surface area (TPSA) is 72.9 Å². The number of carbonyl (C=O) groups excluding carboxylic acids is 1. The van der Waals surface area contributed by atoms with Crippen LogP contribution in [-0.4, -0.2) is 15.7 Å². The molecule has 20 heavy (non-hydrogen) atoms. The minimum absolute atomic E-state index is 0. The third-order valence-electron chi connectivity index (χ3n) is 2.94. The molecule has 0 bridgehead atoms. The molecule has 0 unspecified atom stereocenters. The molecule has 0 saturated carbocycles. The van der Waals surface area contributed by atoms with E-state index < -0.39 is 0 Å². The number of amides is 1. The maximum absolute atomic E-state index is 12.1. The molecule has 1 aromatic heterocycles. The molecular formula is C14H19ClN4O. The van der Waals surface area contributed by atoms with Crippen molar-refractivity contribution in [2.24, 2.45) is 12.8 Å². The average molecular weight is 295 g/mol. The number of nitrogens with one attached hydrogen (secondary N) is 1. The van der Waals surface area contributed by atoms with Crippen molar-refractivity contribution in [1.29, 1.82) is 0 Å². The Morgan fingerprint density at radius 3 is 2.55 bits per heavy atom. The standard InChI is InChI=1S/C14H18N4O.ClH/c1-3-12-13(9-18(2)17-12)16-14(19)11-6-4-10(8-15)5-7-11;/h4-7,9H,3,8,15H2,1-2H3,(H,16,19);1H. The van der Waals surface area contributed by atoms with E-state index in [-0.39, 0.29) is 18.3 Å². The van der Waals surface area contributed by atoms with Crippen LogP contribution in [0.25, 0.3) is 0 Å². The number of anilines is 1. The van der Waals surface area contributed by atoms with Crippen LogP contribution < -0.4 is 11.1 Å². The van der Waals surface area contributed by atoms with E-state index in [0.29, 0.717) is 12.1 Å². The predicted octanol–water partition coefficient (Wildman–Crippen LogP) is 2.12. The predicted molar refractivity (Wildman–Crippen MR) is 82.1 cm³/mol. The number of carbonyl (C=O) groups is 1. The zero-order valence-electron chi connectivity index (χ0n) is 11.6. The van der Waals surface area contributed by atoms with Crippen molar-refractivity contribution >= 4 is 24.0 Å². The molecule has 108 valence electrons. The molecule has 0 aliphatic heterocycles. The quantitative estimate of drug-likeness (QED) is 0.907. The van der Waals surface area contributed by atoms with Crippen LogP contribution in [0.3, 0.4) is 0 Å². The molecule has 0 atom stereocenters. The van der Waals surface area contributed by atoms with Gasteiger partial charge >= 0.3 is 0 Å².